The number of aryl methyl sites for hydroxylation is 1. The average molecular weight is 269 g/mol. The van der Waals surface area contributed by atoms with E-state index in [1.807, 2.05) is 6.92 Å². The molecule has 1 unspecified atom stereocenters. The minimum absolute atomic E-state index is 0.0860. The maximum atomic E-state index is 12.2. The van der Waals surface area contributed by atoms with Crippen LogP contribution in [0.15, 0.2) is 0 Å². The van der Waals surface area contributed by atoms with E-state index in [0.717, 1.165) is 24.5 Å². The molecule has 0 bridgehead atoms. The molecule has 1 amide bonds. The van der Waals surface area contributed by atoms with Crippen LogP contribution in [0.4, 0.5) is 5.00 Å². The maximum Gasteiger partial charge on any atom is 0.340 e. The van der Waals surface area contributed by atoms with Crippen LogP contribution >= 0.6 is 11.5 Å². The van der Waals surface area contributed by atoms with Crippen LogP contribution in [0.3, 0.4) is 0 Å². The van der Waals surface area contributed by atoms with E-state index in [0.29, 0.717) is 17.2 Å². The molecule has 1 atom stereocenters. The van der Waals surface area contributed by atoms with Crippen LogP contribution in [0.1, 0.15) is 29.4 Å². The summed E-state index contributed by atoms with van der Waals surface area (Å²) in [6.07, 6.45) is 0.749. The van der Waals surface area contributed by atoms with Gasteiger partial charge in [0, 0.05) is 6.54 Å². The van der Waals surface area contributed by atoms with Crippen molar-refractivity contribution in [2.75, 3.05) is 18.4 Å². The van der Waals surface area contributed by atoms with E-state index in [1.165, 1.54) is 0 Å². The predicted octanol–water partition coefficient (Wildman–Crippen LogP) is 1.09. The Morgan fingerprint density at radius 2 is 2.28 bits per heavy atom. The quantitative estimate of drug-likeness (QED) is 0.764. The standard InChI is InChI=1S/C11H15N3O3S/c1-6-7(9(15)16)8(18-14-6)13-10(17)11(2)3-4-12-5-11/h12H,3-5H2,1-2H3,(H,13,17)(H,15,16). The number of nitrogens with zero attached hydrogens (tertiary/aromatic N) is 1. The van der Waals surface area contributed by atoms with Crippen molar-refractivity contribution >= 4 is 28.4 Å². The zero-order valence-corrected chi connectivity index (χ0v) is 11.1. The third kappa shape index (κ3) is 2.23. The molecule has 3 N–H and O–H groups in total. The number of aromatic carboxylic acids is 1. The summed E-state index contributed by atoms with van der Waals surface area (Å²) in [7, 11) is 0. The number of carboxylic acid groups (broad SMARTS) is 1. The van der Waals surface area contributed by atoms with E-state index in [1.54, 1.807) is 6.92 Å². The number of carboxylic acids is 1. The Labute approximate surface area is 109 Å². The third-order valence-corrected chi connectivity index (χ3v) is 4.07. The van der Waals surface area contributed by atoms with E-state index in [-0.39, 0.29) is 11.5 Å². The van der Waals surface area contributed by atoms with Gasteiger partial charge in [0.1, 0.15) is 10.6 Å². The summed E-state index contributed by atoms with van der Waals surface area (Å²) in [5, 5.41) is 15.2. The number of aromatic nitrogens is 1. The zero-order chi connectivity index (χ0) is 13.3. The zero-order valence-electron chi connectivity index (χ0n) is 10.2. The topological polar surface area (TPSA) is 91.3 Å². The maximum absolute atomic E-state index is 12.2. The predicted molar refractivity (Wildman–Crippen MR) is 68.0 cm³/mol. The molecular weight excluding hydrogens is 254 g/mol. The highest BCUT2D eigenvalue weighted by Gasteiger charge is 2.37. The number of nitrogens with one attached hydrogen (secondary N) is 2. The molecule has 1 fully saturated rings. The van der Waals surface area contributed by atoms with Gasteiger partial charge in [0.25, 0.3) is 0 Å². The second kappa shape index (κ2) is 4.66. The summed E-state index contributed by atoms with van der Waals surface area (Å²) in [5.74, 6) is -1.22. The first-order valence-corrected chi connectivity index (χ1v) is 6.43. The minimum Gasteiger partial charge on any atom is -0.478 e. The molecule has 1 aromatic heterocycles. The summed E-state index contributed by atoms with van der Waals surface area (Å²) in [6.45, 7) is 4.90. The molecule has 18 heavy (non-hydrogen) atoms. The van der Waals surface area contributed by atoms with E-state index >= 15 is 0 Å². The van der Waals surface area contributed by atoms with Gasteiger partial charge < -0.3 is 15.7 Å². The van der Waals surface area contributed by atoms with Gasteiger partial charge in [-0.15, -0.1) is 0 Å². The number of anilines is 1. The Kier molecular flexibility index (Phi) is 3.36. The van der Waals surface area contributed by atoms with Crippen LogP contribution < -0.4 is 10.6 Å². The Balaban J connectivity index is 2.19. The van der Waals surface area contributed by atoms with E-state index in [9.17, 15) is 9.59 Å². The molecule has 0 radical (unpaired) electrons. The summed E-state index contributed by atoms with van der Waals surface area (Å²) in [4.78, 5) is 23.2. The van der Waals surface area contributed by atoms with Crippen LogP contribution in [0.2, 0.25) is 0 Å². The summed E-state index contributed by atoms with van der Waals surface area (Å²) in [6, 6.07) is 0. The smallest absolute Gasteiger partial charge is 0.340 e. The first-order chi connectivity index (χ1) is 8.44. The number of hydrogen-bond donors (Lipinski definition) is 3. The van der Waals surface area contributed by atoms with Gasteiger partial charge in [-0.05, 0) is 38.3 Å². The summed E-state index contributed by atoms with van der Waals surface area (Å²) >= 11 is 1.01. The van der Waals surface area contributed by atoms with Gasteiger partial charge in [-0.3, -0.25) is 4.79 Å². The lowest BCUT2D eigenvalue weighted by Gasteiger charge is -2.20. The normalized spacial score (nSPS) is 23.0. The fourth-order valence-corrected chi connectivity index (χ4v) is 2.76. The Bertz CT molecular complexity index is 492. The van der Waals surface area contributed by atoms with Crippen LogP contribution in [0.25, 0.3) is 0 Å². The number of rotatable bonds is 3. The molecule has 98 valence electrons. The van der Waals surface area contributed by atoms with Crippen molar-refractivity contribution in [3.05, 3.63) is 11.3 Å². The van der Waals surface area contributed by atoms with Gasteiger partial charge >= 0.3 is 5.97 Å². The fraction of sp³-hybridized carbons (Fsp3) is 0.545. The molecule has 2 rings (SSSR count). The number of hydrogen-bond acceptors (Lipinski definition) is 5. The molecule has 0 aliphatic carbocycles. The first kappa shape index (κ1) is 13.0. The van der Waals surface area contributed by atoms with Crippen molar-refractivity contribution in [2.45, 2.75) is 20.3 Å². The van der Waals surface area contributed by atoms with Crippen molar-refractivity contribution in [3.8, 4) is 0 Å². The molecule has 7 heteroatoms. The van der Waals surface area contributed by atoms with Crippen LogP contribution in [0.5, 0.6) is 0 Å². The molecule has 1 saturated heterocycles. The van der Waals surface area contributed by atoms with Crippen LogP contribution in [0, 0.1) is 12.3 Å². The lowest BCUT2D eigenvalue weighted by Crippen LogP contribution is -2.35. The monoisotopic (exact) mass is 269 g/mol. The van der Waals surface area contributed by atoms with Gasteiger partial charge in [0.2, 0.25) is 5.91 Å². The fourth-order valence-electron chi connectivity index (χ4n) is 1.97. The number of carbonyl (C=O) groups is 2. The van der Waals surface area contributed by atoms with Gasteiger partial charge in [-0.2, -0.15) is 4.37 Å². The second-order valence-electron chi connectivity index (χ2n) is 4.72. The summed E-state index contributed by atoms with van der Waals surface area (Å²) in [5.41, 5.74) is 0.0358. The van der Waals surface area contributed by atoms with Crippen LogP contribution in [-0.2, 0) is 4.79 Å². The van der Waals surface area contributed by atoms with Crippen molar-refractivity contribution in [1.29, 1.82) is 0 Å². The minimum atomic E-state index is -1.06. The van der Waals surface area contributed by atoms with Gasteiger partial charge in [0.15, 0.2) is 0 Å². The molecular formula is C11H15N3O3S. The van der Waals surface area contributed by atoms with E-state index in [4.69, 9.17) is 5.11 Å². The van der Waals surface area contributed by atoms with E-state index in [2.05, 4.69) is 15.0 Å². The molecule has 1 aliphatic rings. The van der Waals surface area contributed by atoms with Gasteiger partial charge in [-0.1, -0.05) is 0 Å². The third-order valence-electron chi connectivity index (χ3n) is 3.22. The highest BCUT2D eigenvalue weighted by atomic mass is 32.1. The number of carbonyl (C=O) groups excluding carboxylic acids is 1. The Morgan fingerprint density at radius 1 is 1.56 bits per heavy atom. The largest absolute Gasteiger partial charge is 0.478 e. The molecule has 6 nitrogen and oxygen atoms in total. The molecule has 0 aromatic carbocycles. The SMILES string of the molecule is Cc1nsc(NC(=O)C2(C)CCNC2)c1C(=O)O. The van der Waals surface area contributed by atoms with Crippen molar-refractivity contribution < 1.29 is 14.7 Å². The average Bonchev–Trinajstić information content (AvgIpc) is 2.86. The second-order valence-corrected chi connectivity index (χ2v) is 5.49. The van der Waals surface area contributed by atoms with Gasteiger partial charge in [-0.25, -0.2) is 4.79 Å². The Morgan fingerprint density at radius 3 is 2.83 bits per heavy atom. The van der Waals surface area contributed by atoms with E-state index < -0.39 is 11.4 Å². The van der Waals surface area contributed by atoms with Gasteiger partial charge in [0.05, 0.1) is 11.1 Å². The molecule has 0 spiro atoms. The van der Waals surface area contributed by atoms with Crippen molar-refractivity contribution in [2.24, 2.45) is 5.41 Å². The molecule has 0 saturated carbocycles. The Hall–Kier alpha value is -1.47. The summed E-state index contributed by atoms with van der Waals surface area (Å²) < 4.78 is 3.97. The van der Waals surface area contributed by atoms with Crippen LogP contribution in [-0.4, -0.2) is 34.4 Å². The highest BCUT2D eigenvalue weighted by molar-refractivity contribution is 7.11. The highest BCUT2D eigenvalue weighted by Crippen LogP contribution is 2.30. The number of amides is 1. The lowest BCUT2D eigenvalue weighted by atomic mass is 9.89. The van der Waals surface area contributed by atoms with Crippen molar-refractivity contribution in [3.63, 3.8) is 0 Å². The molecule has 2 heterocycles. The molecule has 1 aliphatic heterocycles. The lowest BCUT2D eigenvalue weighted by molar-refractivity contribution is -0.123. The van der Waals surface area contributed by atoms with Crippen molar-refractivity contribution in [1.82, 2.24) is 9.69 Å². The molecule has 1 aromatic rings. The first-order valence-electron chi connectivity index (χ1n) is 5.66.